The Hall–Kier alpha value is -3.66. The maximum absolute atomic E-state index is 13.3. The molecule has 2 amide bonds. The first-order valence-corrected chi connectivity index (χ1v) is 13.5. The number of rotatable bonds is 9. The van der Waals surface area contributed by atoms with Gasteiger partial charge >= 0.3 is 12.1 Å². The standard InChI is InChI=1S/C30H34F3N3O4/c1-3-40-29(39)27-20(2)36(26(37)18-25(27)22-9-11-24(12-10-22)30(31,32)33)19-21-7-6-8-23(17-21)28(38)34-13-16-35-14-4-5-15-35/h6-12,17,25H,3-5,13-16,18-19H2,1-2H3,(H,34,38). The van der Waals surface area contributed by atoms with E-state index in [4.69, 9.17) is 4.74 Å². The van der Waals surface area contributed by atoms with Crippen molar-refractivity contribution >= 4 is 17.8 Å². The van der Waals surface area contributed by atoms with E-state index in [1.807, 2.05) is 0 Å². The van der Waals surface area contributed by atoms with Crippen molar-refractivity contribution in [3.05, 3.63) is 82.1 Å². The van der Waals surface area contributed by atoms with Crippen LogP contribution in [0, 0.1) is 0 Å². The van der Waals surface area contributed by atoms with Crippen LogP contribution in [-0.4, -0.2) is 60.4 Å². The van der Waals surface area contributed by atoms with Crippen molar-refractivity contribution in [3.8, 4) is 0 Å². The number of carbonyl (C=O) groups is 3. The molecule has 0 bridgehead atoms. The van der Waals surface area contributed by atoms with E-state index in [1.165, 1.54) is 29.9 Å². The summed E-state index contributed by atoms with van der Waals surface area (Å²) in [4.78, 5) is 42.8. The molecule has 2 aliphatic rings. The van der Waals surface area contributed by atoms with Crippen molar-refractivity contribution in [1.29, 1.82) is 0 Å². The summed E-state index contributed by atoms with van der Waals surface area (Å²) < 4.78 is 44.5. The van der Waals surface area contributed by atoms with Crippen LogP contribution >= 0.6 is 0 Å². The molecule has 1 N–H and O–H groups in total. The molecule has 10 heteroatoms. The predicted molar refractivity (Wildman–Crippen MR) is 143 cm³/mol. The zero-order valence-electron chi connectivity index (χ0n) is 22.7. The van der Waals surface area contributed by atoms with Gasteiger partial charge in [-0.2, -0.15) is 13.2 Å². The highest BCUT2D eigenvalue weighted by molar-refractivity contribution is 5.96. The number of nitrogens with one attached hydrogen (secondary N) is 1. The van der Waals surface area contributed by atoms with Gasteiger partial charge < -0.3 is 19.9 Å². The van der Waals surface area contributed by atoms with Gasteiger partial charge in [-0.25, -0.2) is 4.79 Å². The first kappa shape index (κ1) is 29.3. The highest BCUT2D eigenvalue weighted by Crippen LogP contribution is 2.39. The summed E-state index contributed by atoms with van der Waals surface area (Å²) in [6, 6.07) is 11.5. The van der Waals surface area contributed by atoms with Crippen molar-refractivity contribution in [2.45, 2.75) is 51.7 Å². The molecule has 214 valence electrons. The van der Waals surface area contributed by atoms with Gasteiger partial charge in [0.25, 0.3) is 5.91 Å². The van der Waals surface area contributed by atoms with Gasteiger partial charge in [0.2, 0.25) is 5.91 Å². The third kappa shape index (κ3) is 6.91. The molecule has 0 saturated carbocycles. The number of allylic oxidation sites excluding steroid dienone is 1. The Morgan fingerprint density at radius 1 is 1.07 bits per heavy atom. The Labute approximate surface area is 232 Å². The highest BCUT2D eigenvalue weighted by atomic mass is 19.4. The van der Waals surface area contributed by atoms with Crippen LogP contribution in [0.3, 0.4) is 0 Å². The van der Waals surface area contributed by atoms with E-state index in [9.17, 15) is 27.6 Å². The smallest absolute Gasteiger partial charge is 0.416 e. The number of alkyl halides is 3. The SMILES string of the molecule is CCOC(=O)C1=C(C)N(Cc2cccc(C(=O)NCCN3CCCC3)c2)C(=O)CC1c1ccc(C(F)(F)F)cc1. The maximum atomic E-state index is 13.3. The summed E-state index contributed by atoms with van der Waals surface area (Å²) in [5, 5.41) is 2.95. The van der Waals surface area contributed by atoms with Gasteiger partial charge in [0.05, 0.1) is 24.3 Å². The minimum atomic E-state index is -4.49. The topological polar surface area (TPSA) is 79.0 Å². The zero-order chi connectivity index (χ0) is 28.9. The lowest BCUT2D eigenvalue weighted by molar-refractivity contribution is -0.140. The quantitative estimate of drug-likeness (QED) is 0.445. The molecular weight excluding hydrogens is 523 g/mol. The van der Waals surface area contributed by atoms with Gasteiger partial charge in [0, 0.05) is 36.7 Å². The van der Waals surface area contributed by atoms with E-state index in [0.29, 0.717) is 28.9 Å². The molecule has 7 nitrogen and oxygen atoms in total. The molecule has 1 atom stereocenters. The first-order chi connectivity index (χ1) is 19.1. The molecule has 2 aromatic rings. The average molecular weight is 558 g/mol. The fourth-order valence-corrected chi connectivity index (χ4v) is 5.30. The zero-order valence-corrected chi connectivity index (χ0v) is 22.7. The maximum Gasteiger partial charge on any atom is 0.416 e. The molecule has 2 aliphatic heterocycles. The number of amides is 2. The number of hydrogen-bond acceptors (Lipinski definition) is 5. The van der Waals surface area contributed by atoms with Crippen molar-refractivity contribution < 1.29 is 32.3 Å². The fraction of sp³-hybridized carbons (Fsp3) is 0.433. The minimum absolute atomic E-state index is 0.104. The van der Waals surface area contributed by atoms with E-state index < -0.39 is 23.6 Å². The lowest BCUT2D eigenvalue weighted by Gasteiger charge is -2.34. The number of halogens is 3. The van der Waals surface area contributed by atoms with Crippen molar-refractivity contribution in [1.82, 2.24) is 15.1 Å². The van der Waals surface area contributed by atoms with E-state index in [-0.39, 0.29) is 37.0 Å². The van der Waals surface area contributed by atoms with E-state index in [1.54, 1.807) is 38.1 Å². The molecule has 1 fully saturated rings. The summed E-state index contributed by atoms with van der Waals surface area (Å²) in [6.07, 6.45) is -2.23. The van der Waals surface area contributed by atoms with Crippen molar-refractivity contribution in [2.75, 3.05) is 32.8 Å². The van der Waals surface area contributed by atoms with Crippen molar-refractivity contribution in [2.24, 2.45) is 0 Å². The third-order valence-corrected chi connectivity index (χ3v) is 7.40. The highest BCUT2D eigenvalue weighted by Gasteiger charge is 2.37. The van der Waals surface area contributed by atoms with Gasteiger partial charge in [0.1, 0.15) is 0 Å². The molecule has 0 aromatic heterocycles. The Balaban J connectivity index is 1.54. The molecular formula is C30H34F3N3O4. The summed E-state index contributed by atoms with van der Waals surface area (Å²) >= 11 is 0. The summed E-state index contributed by atoms with van der Waals surface area (Å²) in [5.41, 5.74) is 1.40. The second-order valence-electron chi connectivity index (χ2n) is 10.1. The number of benzene rings is 2. The molecule has 0 spiro atoms. The molecule has 1 unspecified atom stereocenters. The number of likely N-dealkylation sites (tertiary alicyclic amines) is 1. The molecule has 4 rings (SSSR count). The van der Waals surface area contributed by atoms with Gasteiger partial charge in [-0.1, -0.05) is 24.3 Å². The van der Waals surface area contributed by atoms with Crippen LogP contribution in [-0.2, 0) is 27.0 Å². The van der Waals surface area contributed by atoms with Gasteiger partial charge in [0.15, 0.2) is 0 Å². The molecule has 2 heterocycles. The van der Waals surface area contributed by atoms with E-state index in [2.05, 4.69) is 10.2 Å². The van der Waals surface area contributed by atoms with Crippen LogP contribution in [0.2, 0.25) is 0 Å². The second-order valence-corrected chi connectivity index (χ2v) is 10.1. The number of nitrogens with zero attached hydrogens (tertiary/aromatic N) is 2. The van der Waals surface area contributed by atoms with Crippen LogP contribution in [0.4, 0.5) is 13.2 Å². The second kappa shape index (κ2) is 12.7. The molecule has 0 radical (unpaired) electrons. The van der Waals surface area contributed by atoms with Gasteiger partial charge in [-0.05, 0) is 75.2 Å². The van der Waals surface area contributed by atoms with Crippen LogP contribution in [0.5, 0.6) is 0 Å². The fourth-order valence-electron chi connectivity index (χ4n) is 5.30. The van der Waals surface area contributed by atoms with Crippen LogP contribution in [0.25, 0.3) is 0 Å². The number of hydrogen-bond donors (Lipinski definition) is 1. The largest absolute Gasteiger partial charge is 0.463 e. The van der Waals surface area contributed by atoms with Gasteiger partial charge in [-0.15, -0.1) is 0 Å². The third-order valence-electron chi connectivity index (χ3n) is 7.40. The van der Waals surface area contributed by atoms with Crippen LogP contribution < -0.4 is 5.32 Å². The number of carbonyl (C=O) groups excluding carboxylic acids is 3. The Morgan fingerprint density at radius 2 is 1.77 bits per heavy atom. The molecule has 40 heavy (non-hydrogen) atoms. The predicted octanol–water partition coefficient (Wildman–Crippen LogP) is 4.88. The van der Waals surface area contributed by atoms with Crippen LogP contribution in [0.1, 0.15) is 66.1 Å². The summed E-state index contributed by atoms with van der Waals surface area (Å²) in [7, 11) is 0. The number of esters is 1. The lowest BCUT2D eigenvalue weighted by atomic mass is 9.83. The lowest BCUT2D eigenvalue weighted by Crippen LogP contribution is -2.38. The van der Waals surface area contributed by atoms with E-state index >= 15 is 0 Å². The Morgan fingerprint density at radius 3 is 2.42 bits per heavy atom. The van der Waals surface area contributed by atoms with E-state index in [0.717, 1.165) is 31.8 Å². The minimum Gasteiger partial charge on any atom is -0.463 e. The molecule has 1 saturated heterocycles. The monoisotopic (exact) mass is 557 g/mol. The molecule has 2 aromatic carbocycles. The van der Waals surface area contributed by atoms with Crippen molar-refractivity contribution in [3.63, 3.8) is 0 Å². The Bertz CT molecular complexity index is 1270. The summed E-state index contributed by atoms with van der Waals surface area (Å²) in [5.74, 6) is -1.84. The number of ether oxygens (including phenoxy) is 1. The normalized spacial score (nSPS) is 18.3. The summed E-state index contributed by atoms with van der Waals surface area (Å²) in [6.45, 7) is 6.98. The first-order valence-electron chi connectivity index (χ1n) is 13.5. The average Bonchev–Trinajstić information content (AvgIpc) is 3.44. The van der Waals surface area contributed by atoms with Crippen LogP contribution in [0.15, 0.2) is 59.8 Å². The molecule has 0 aliphatic carbocycles. The van der Waals surface area contributed by atoms with Gasteiger partial charge in [-0.3, -0.25) is 9.59 Å². The Kier molecular flexibility index (Phi) is 9.29.